The molecule has 37 heavy (non-hydrogen) atoms. The number of sulfonamides is 1. The van der Waals surface area contributed by atoms with Gasteiger partial charge in [0.05, 0.1) is 34.7 Å². The summed E-state index contributed by atoms with van der Waals surface area (Å²) in [4.78, 5) is 26.0. The minimum Gasteiger partial charge on any atom is -0.497 e. The van der Waals surface area contributed by atoms with Crippen molar-refractivity contribution in [3.05, 3.63) is 88.1 Å². The number of hydrogen-bond acceptors (Lipinski definition) is 7. The highest BCUT2D eigenvalue weighted by Gasteiger charge is 2.19. The van der Waals surface area contributed by atoms with Gasteiger partial charge in [0.1, 0.15) is 5.75 Å². The standard InChI is InChI=1S/C26H28N6O4S/c1-5-6-23-24(25(33)32(30-23)20-9-11-21(36-4)12-10-20)18(3)29-19-7-13-22(14-8-19)37(34,35)31-26-27-16-15-17(2)28-26/h7-16,30H,5-6H2,1-4H3,(H,27,28,31). The number of nitrogens with one attached hydrogen (secondary N) is 2. The van der Waals surface area contributed by atoms with Gasteiger partial charge in [-0.2, -0.15) is 0 Å². The third-order valence-corrected chi connectivity index (χ3v) is 6.97. The Morgan fingerprint density at radius 2 is 1.81 bits per heavy atom. The second-order valence-corrected chi connectivity index (χ2v) is 10.1. The van der Waals surface area contributed by atoms with Gasteiger partial charge >= 0.3 is 0 Å². The van der Waals surface area contributed by atoms with Gasteiger partial charge in [0.15, 0.2) is 0 Å². The SMILES string of the molecule is CCCc1[nH]n(-c2ccc(OC)cc2)c(=O)c1C(C)=Nc1ccc(S(=O)(=O)Nc2nccc(C)n2)cc1. The van der Waals surface area contributed by atoms with Crippen LogP contribution in [-0.2, 0) is 16.4 Å². The molecular formula is C26H28N6O4S. The molecule has 2 aromatic carbocycles. The van der Waals surface area contributed by atoms with E-state index in [0.717, 1.165) is 12.1 Å². The van der Waals surface area contributed by atoms with Crippen molar-refractivity contribution in [1.82, 2.24) is 19.7 Å². The van der Waals surface area contributed by atoms with Gasteiger partial charge < -0.3 is 4.74 Å². The molecule has 4 aromatic rings. The molecule has 0 saturated carbocycles. The monoisotopic (exact) mass is 520 g/mol. The molecule has 192 valence electrons. The Kier molecular flexibility index (Phi) is 7.53. The summed E-state index contributed by atoms with van der Waals surface area (Å²) in [5.74, 6) is 0.698. The Hall–Kier alpha value is -4.25. The largest absolute Gasteiger partial charge is 0.497 e. The van der Waals surface area contributed by atoms with Crippen molar-refractivity contribution in [2.75, 3.05) is 11.8 Å². The molecule has 0 saturated heterocycles. The van der Waals surface area contributed by atoms with Crippen LogP contribution in [0.4, 0.5) is 11.6 Å². The summed E-state index contributed by atoms with van der Waals surface area (Å²) in [6, 6.07) is 14.9. The molecule has 2 N–H and O–H groups in total. The summed E-state index contributed by atoms with van der Waals surface area (Å²) in [6.45, 7) is 5.55. The van der Waals surface area contributed by atoms with E-state index < -0.39 is 10.0 Å². The Balaban J connectivity index is 1.63. The van der Waals surface area contributed by atoms with E-state index in [2.05, 4.69) is 24.8 Å². The van der Waals surface area contributed by atoms with Gasteiger partial charge in [0.2, 0.25) is 5.95 Å². The maximum Gasteiger partial charge on any atom is 0.280 e. The fourth-order valence-corrected chi connectivity index (χ4v) is 4.78. The van der Waals surface area contributed by atoms with Crippen molar-refractivity contribution in [2.24, 2.45) is 4.99 Å². The van der Waals surface area contributed by atoms with Crippen LogP contribution >= 0.6 is 0 Å². The van der Waals surface area contributed by atoms with Gasteiger partial charge in [-0.1, -0.05) is 13.3 Å². The number of hydrogen-bond donors (Lipinski definition) is 2. The lowest BCUT2D eigenvalue weighted by Crippen LogP contribution is -2.19. The number of aryl methyl sites for hydroxylation is 2. The number of aromatic amines is 1. The summed E-state index contributed by atoms with van der Waals surface area (Å²) in [7, 11) is -2.28. The molecule has 0 aliphatic heterocycles. The minimum atomic E-state index is -3.87. The van der Waals surface area contributed by atoms with Crippen LogP contribution in [0.3, 0.4) is 0 Å². The number of rotatable bonds is 9. The molecule has 2 heterocycles. The Morgan fingerprint density at radius 1 is 1.11 bits per heavy atom. The third-order valence-electron chi connectivity index (χ3n) is 5.62. The lowest BCUT2D eigenvalue weighted by Gasteiger charge is -2.07. The molecule has 0 radical (unpaired) electrons. The molecule has 11 heteroatoms. The van der Waals surface area contributed by atoms with Gasteiger partial charge in [-0.05, 0) is 74.9 Å². The Morgan fingerprint density at radius 3 is 2.43 bits per heavy atom. The quantitative estimate of drug-likeness (QED) is 0.319. The molecule has 0 aliphatic carbocycles. The van der Waals surface area contributed by atoms with Crippen LogP contribution in [-0.4, -0.2) is 41.0 Å². The molecule has 2 aromatic heterocycles. The molecule has 0 bridgehead atoms. The number of ether oxygens (including phenoxy) is 1. The number of H-pyrrole nitrogens is 1. The van der Waals surface area contributed by atoms with Crippen molar-refractivity contribution in [3.8, 4) is 11.4 Å². The number of aromatic nitrogens is 4. The van der Waals surface area contributed by atoms with Gasteiger partial charge in [0.25, 0.3) is 15.6 Å². The first-order valence-corrected chi connectivity index (χ1v) is 13.2. The minimum absolute atomic E-state index is 0.00184. The molecule has 0 amide bonds. The second kappa shape index (κ2) is 10.8. The van der Waals surface area contributed by atoms with Crippen LogP contribution in [0.2, 0.25) is 0 Å². The van der Waals surface area contributed by atoms with E-state index in [1.807, 2.05) is 6.92 Å². The lowest BCUT2D eigenvalue weighted by atomic mass is 10.1. The number of anilines is 1. The first-order valence-electron chi connectivity index (χ1n) is 11.7. The average Bonchev–Trinajstić information content (AvgIpc) is 3.20. The van der Waals surface area contributed by atoms with E-state index >= 15 is 0 Å². The molecule has 0 spiro atoms. The number of methoxy groups -OCH3 is 1. The summed E-state index contributed by atoms with van der Waals surface area (Å²) >= 11 is 0. The van der Waals surface area contributed by atoms with Crippen molar-refractivity contribution in [2.45, 2.75) is 38.5 Å². The highest BCUT2D eigenvalue weighted by Crippen LogP contribution is 2.21. The third kappa shape index (κ3) is 5.78. The number of benzene rings is 2. The van der Waals surface area contributed by atoms with Crippen LogP contribution < -0.4 is 15.0 Å². The van der Waals surface area contributed by atoms with E-state index in [0.29, 0.717) is 40.5 Å². The Labute approximate surface area is 215 Å². The summed E-state index contributed by atoms with van der Waals surface area (Å²) in [6.07, 6.45) is 2.99. The normalized spacial score (nSPS) is 11.9. The molecule has 0 fully saturated rings. The first-order chi connectivity index (χ1) is 17.7. The van der Waals surface area contributed by atoms with Gasteiger partial charge in [0, 0.05) is 17.6 Å². The maximum absolute atomic E-state index is 13.4. The second-order valence-electron chi connectivity index (χ2n) is 8.37. The molecule has 0 atom stereocenters. The summed E-state index contributed by atoms with van der Waals surface area (Å²) in [5, 5.41) is 3.21. The van der Waals surface area contributed by atoms with E-state index in [1.165, 1.54) is 23.0 Å². The highest BCUT2D eigenvalue weighted by atomic mass is 32.2. The summed E-state index contributed by atoms with van der Waals surface area (Å²) in [5.41, 5.74) is 3.43. The van der Waals surface area contributed by atoms with Crippen LogP contribution in [0, 0.1) is 6.92 Å². The number of nitrogens with zero attached hydrogens (tertiary/aromatic N) is 4. The van der Waals surface area contributed by atoms with Gasteiger partial charge in [-0.15, -0.1) is 0 Å². The zero-order valence-corrected chi connectivity index (χ0v) is 21.8. The van der Waals surface area contributed by atoms with E-state index in [9.17, 15) is 13.2 Å². The van der Waals surface area contributed by atoms with E-state index in [-0.39, 0.29) is 16.4 Å². The molecule has 4 rings (SSSR count). The molecule has 10 nitrogen and oxygen atoms in total. The molecular weight excluding hydrogens is 492 g/mol. The Bertz CT molecular complexity index is 1590. The van der Waals surface area contributed by atoms with Crippen molar-refractivity contribution < 1.29 is 13.2 Å². The van der Waals surface area contributed by atoms with Crippen molar-refractivity contribution >= 4 is 27.4 Å². The van der Waals surface area contributed by atoms with Crippen LogP contribution in [0.5, 0.6) is 5.75 Å². The summed E-state index contributed by atoms with van der Waals surface area (Å²) < 4.78 is 34.5. The zero-order chi connectivity index (χ0) is 26.6. The fraction of sp³-hybridized carbons (Fsp3) is 0.231. The van der Waals surface area contributed by atoms with Gasteiger partial charge in [-0.25, -0.2) is 27.8 Å². The predicted molar refractivity (Wildman–Crippen MR) is 143 cm³/mol. The van der Waals surface area contributed by atoms with Crippen LogP contribution in [0.25, 0.3) is 5.69 Å². The lowest BCUT2D eigenvalue weighted by molar-refractivity contribution is 0.414. The predicted octanol–water partition coefficient (Wildman–Crippen LogP) is 4.17. The van der Waals surface area contributed by atoms with E-state index in [4.69, 9.17) is 4.74 Å². The number of aliphatic imine (C=N–C) groups is 1. The zero-order valence-electron chi connectivity index (χ0n) is 21.0. The van der Waals surface area contributed by atoms with E-state index in [1.54, 1.807) is 63.4 Å². The van der Waals surface area contributed by atoms with Gasteiger partial charge in [-0.3, -0.25) is 14.9 Å². The average molecular weight is 521 g/mol. The fourth-order valence-electron chi connectivity index (χ4n) is 3.83. The molecule has 0 unspecified atom stereocenters. The first kappa shape index (κ1) is 25.8. The smallest absolute Gasteiger partial charge is 0.280 e. The molecule has 0 aliphatic rings. The highest BCUT2D eigenvalue weighted by molar-refractivity contribution is 7.92. The van der Waals surface area contributed by atoms with Crippen LogP contribution in [0.15, 0.2) is 75.5 Å². The van der Waals surface area contributed by atoms with Crippen molar-refractivity contribution in [1.29, 1.82) is 0 Å². The topological polar surface area (TPSA) is 131 Å². The van der Waals surface area contributed by atoms with Crippen LogP contribution in [0.1, 0.15) is 37.2 Å². The maximum atomic E-state index is 13.4. The van der Waals surface area contributed by atoms with Crippen molar-refractivity contribution in [3.63, 3.8) is 0 Å².